The summed E-state index contributed by atoms with van der Waals surface area (Å²) in [5.74, 6) is -2.43. The minimum atomic E-state index is -1.67. The van der Waals surface area contributed by atoms with Gasteiger partial charge in [-0.05, 0) is 30.5 Å². The summed E-state index contributed by atoms with van der Waals surface area (Å²) in [6.07, 6.45) is 1.29. The molecule has 9 heteroatoms. The van der Waals surface area contributed by atoms with Crippen molar-refractivity contribution in [3.63, 3.8) is 0 Å². The van der Waals surface area contributed by atoms with Gasteiger partial charge in [0, 0.05) is 25.5 Å². The lowest BCUT2D eigenvalue weighted by molar-refractivity contribution is -0.161. The molecule has 0 aliphatic carbocycles. The van der Waals surface area contributed by atoms with Gasteiger partial charge >= 0.3 is 5.97 Å². The molecule has 1 aliphatic rings. The molecule has 2 heterocycles. The van der Waals surface area contributed by atoms with Gasteiger partial charge in [-0.15, -0.1) is 0 Å². The average Bonchev–Trinajstić information content (AvgIpc) is 2.65. The number of hydrogen-bond acceptors (Lipinski definition) is 5. The molecular weight excluding hydrogens is 357 g/mol. The highest BCUT2D eigenvalue weighted by molar-refractivity contribution is 5.92. The SMILES string of the molecule is O=C(c1ncc[nH]c1=O)N1CC[C@@H](O)[C@](Cc2ccc(F)cc2)(C(=O)O)C1. The van der Waals surface area contributed by atoms with Crippen LogP contribution in [0, 0.1) is 11.2 Å². The second kappa shape index (κ2) is 7.28. The molecule has 27 heavy (non-hydrogen) atoms. The molecule has 1 aromatic carbocycles. The Bertz CT molecular complexity index is 914. The molecule has 0 saturated carbocycles. The van der Waals surface area contributed by atoms with E-state index in [2.05, 4.69) is 9.97 Å². The van der Waals surface area contributed by atoms with Gasteiger partial charge < -0.3 is 20.1 Å². The lowest BCUT2D eigenvalue weighted by atomic mass is 9.72. The van der Waals surface area contributed by atoms with Crippen molar-refractivity contribution in [1.29, 1.82) is 0 Å². The van der Waals surface area contributed by atoms with Crippen LogP contribution < -0.4 is 5.56 Å². The summed E-state index contributed by atoms with van der Waals surface area (Å²) in [7, 11) is 0. The second-order valence-electron chi connectivity index (χ2n) is 6.56. The lowest BCUT2D eigenvalue weighted by Crippen LogP contribution is -2.58. The predicted molar refractivity (Wildman–Crippen MR) is 91.6 cm³/mol. The van der Waals surface area contributed by atoms with Crippen molar-refractivity contribution in [3.05, 3.63) is 64.1 Å². The van der Waals surface area contributed by atoms with Gasteiger partial charge in [-0.1, -0.05) is 12.1 Å². The third-order valence-electron chi connectivity index (χ3n) is 4.84. The Morgan fingerprint density at radius 2 is 2.04 bits per heavy atom. The molecule has 1 amide bonds. The zero-order valence-corrected chi connectivity index (χ0v) is 14.3. The first-order valence-corrected chi connectivity index (χ1v) is 8.32. The number of carbonyl (C=O) groups is 2. The third-order valence-corrected chi connectivity index (χ3v) is 4.84. The number of carbonyl (C=O) groups excluding carboxylic acids is 1. The normalized spacial score (nSPS) is 22.4. The van der Waals surface area contributed by atoms with E-state index in [1.165, 1.54) is 41.6 Å². The zero-order valence-electron chi connectivity index (χ0n) is 14.3. The maximum Gasteiger partial charge on any atom is 0.314 e. The topological polar surface area (TPSA) is 124 Å². The van der Waals surface area contributed by atoms with Crippen LogP contribution in [0.3, 0.4) is 0 Å². The van der Waals surface area contributed by atoms with E-state index in [9.17, 15) is 29.0 Å². The monoisotopic (exact) mass is 375 g/mol. The number of rotatable bonds is 4. The summed E-state index contributed by atoms with van der Waals surface area (Å²) in [4.78, 5) is 43.9. The van der Waals surface area contributed by atoms with Crippen molar-refractivity contribution < 1.29 is 24.2 Å². The number of carboxylic acid groups (broad SMARTS) is 1. The van der Waals surface area contributed by atoms with Crippen LogP contribution in [0.2, 0.25) is 0 Å². The predicted octanol–water partition coefficient (Wildman–Crippen LogP) is 0.429. The van der Waals surface area contributed by atoms with Gasteiger partial charge in [0.15, 0.2) is 5.69 Å². The molecular formula is C18H18FN3O5. The number of aromatic amines is 1. The fraction of sp³-hybridized carbons (Fsp3) is 0.333. The minimum Gasteiger partial charge on any atom is -0.481 e. The molecule has 0 spiro atoms. The van der Waals surface area contributed by atoms with Gasteiger partial charge in [-0.25, -0.2) is 9.37 Å². The van der Waals surface area contributed by atoms with Gasteiger partial charge in [-0.3, -0.25) is 14.4 Å². The summed E-state index contributed by atoms with van der Waals surface area (Å²) < 4.78 is 13.1. The fourth-order valence-electron chi connectivity index (χ4n) is 3.33. The van der Waals surface area contributed by atoms with E-state index >= 15 is 0 Å². The van der Waals surface area contributed by atoms with E-state index in [0.717, 1.165) is 0 Å². The average molecular weight is 375 g/mol. The van der Waals surface area contributed by atoms with Crippen molar-refractivity contribution in [2.45, 2.75) is 18.9 Å². The molecule has 1 aliphatic heterocycles. The Balaban J connectivity index is 1.92. The number of aliphatic hydroxyl groups excluding tert-OH is 1. The highest BCUT2D eigenvalue weighted by atomic mass is 19.1. The maximum atomic E-state index is 13.1. The third kappa shape index (κ3) is 3.59. The van der Waals surface area contributed by atoms with Gasteiger partial charge in [0.05, 0.1) is 6.10 Å². The Morgan fingerprint density at radius 3 is 2.67 bits per heavy atom. The number of nitrogens with one attached hydrogen (secondary N) is 1. The molecule has 8 nitrogen and oxygen atoms in total. The maximum absolute atomic E-state index is 13.1. The van der Waals surface area contributed by atoms with Crippen molar-refractivity contribution in [2.75, 3.05) is 13.1 Å². The minimum absolute atomic E-state index is 0.0317. The number of likely N-dealkylation sites (tertiary alicyclic amines) is 1. The van der Waals surface area contributed by atoms with E-state index < -0.39 is 34.8 Å². The smallest absolute Gasteiger partial charge is 0.314 e. The number of nitrogens with zero attached hydrogens (tertiary/aromatic N) is 2. The number of H-pyrrole nitrogens is 1. The molecule has 142 valence electrons. The van der Waals surface area contributed by atoms with E-state index in [1.54, 1.807) is 0 Å². The first kappa shape index (κ1) is 18.7. The van der Waals surface area contributed by atoms with Gasteiger partial charge in [0.25, 0.3) is 11.5 Å². The molecule has 0 bridgehead atoms. The molecule has 1 saturated heterocycles. The standard InChI is InChI=1S/C18H18FN3O5/c19-12-3-1-11(2-4-12)9-18(17(26)27)10-22(8-5-13(18)23)16(25)14-15(24)21-7-6-20-14/h1-4,6-7,13,23H,5,8-10H2,(H,21,24)(H,26,27)/t13-,18-/m1/s1. The van der Waals surface area contributed by atoms with Crippen molar-refractivity contribution in [3.8, 4) is 0 Å². The summed E-state index contributed by atoms with van der Waals surface area (Å²) in [6.45, 7) is -0.204. The van der Waals surface area contributed by atoms with Gasteiger partial charge in [0.1, 0.15) is 11.2 Å². The molecule has 1 fully saturated rings. The van der Waals surface area contributed by atoms with Crippen molar-refractivity contribution in [2.24, 2.45) is 5.41 Å². The molecule has 0 unspecified atom stereocenters. The first-order valence-electron chi connectivity index (χ1n) is 8.32. The van der Waals surface area contributed by atoms with E-state index in [1.807, 2.05) is 0 Å². The number of benzene rings is 1. The molecule has 3 N–H and O–H groups in total. The quantitative estimate of drug-likeness (QED) is 0.712. The largest absolute Gasteiger partial charge is 0.481 e. The number of hydrogen-bond donors (Lipinski definition) is 3. The molecule has 0 radical (unpaired) electrons. The lowest BCUT2D eigenvalue weighted by Gasteiger charge is -2.43. The van der Waals surface area contributed by atoms with E-state index in [-0.39, 0.29) is 31.6 Å². The highest BCUT2D eigenvalue weighted by Gasteiger charge is 2.50. The van der Waals surface area contributed by atoms with E-state index in [0.29, 0.717) is 5.56 Å². The van der Waals surface area contributed by atoms with Crippen LogP contribution >= 0.6 is 0 Å². The van der Waals surface area contributed by atoms with Crippen molar-refractivity contribution >= 4 is 11.9 Å². The number of aliphatic carboxylic acids is 1. The van der Waals surface area contributed by atoms with Crippen LogP contribution in [0.4, 0.5) is 4.39 Å². The molecule has 1 aromatic heterocycles. The molecule has 2 atom stereocenters. The number of carboxylic acids is 1. The van der Waals surface area contributed by atoms with Crippen LogP contribution in [-0.4, -0.2) is 56.2 Å². The van der Waals surface area contributed by atoms with Gasteiger partial charge in [0.2, 0.25) is 0 Å². The highest BCUT2D eigenvalue weighted by Crippen LogP contribution is 2.35. The summed E-state index contributed by atoms with van der Waals surface area (Å²) >= 11 is 0. The van der Waals surface area contributed by atoms with Crippen LogP contribution in [-0.2, 0) is 11.2 Å². The first-order chi connectivity index (χ1) is 12.8. The van der Waals surface area contributed by atoms with Crippen LogP contribution in [0.5, 0.6) is 0 Å². The summed E-state index contributed by atoms with van der Waals surface area (Å²) in [5.41, 5.74) is -2.17. The Kier molecular flexibility index (Phi) is 5.04. The number of aliphatic hydroxyl groups is 1. The van der Waals surface area contributed by atoms with Crippen LogP contribution in [0.1, 0.15) is 22.5 Å². The van der Waals surface area contributed by atoms with Crippen molar-refractivity contribution in [1.82, 2.24) is 14.9 Å². The molecule has 3 rings (SSSR count). The van der Waals surface area contributed by atoms with Crippen LogP contribution in [0.15, 0.2) is 41.5 Å². The van der Waals surface area contributed by atoms with Crippen LogP contribution in [0.25, 0.3) is 0 Å². The number of amides is 1. The second-order valence-corrected chi connectivity index (χ2v) is 6.56. The molecule has 2 aromatic rings. The Labute approximate surface area is 153 Å². The van der Waals surface area contributed by atoms with E-state index in [4.69, 9.17) is 0 Å². The van der Waals surface area contributed by atoms with Gasteiger partial charge in [-0.2, -0.15) is 0 Å². The Hall–Kier alpha value is -3.07. The summed E-state index contributed by atoms with van der Waals surface area (Å²) in [5, 5.41) is 20.3. The number of piperidine rings is 1. The fourth-order valence-corrected chi connectivity index (χ4v) is 3.33. The summed E-state index contributed by atoms with van der Waals surface area (Å²) in [6, 6.07) is 5.29. The Morgan fingerprint density at radius 1 is 1.33 bits per heavy atom. The number of aromatic nitrogens is 2. The zero-order chi connectivity index (χ0) is 19.6. The number of halogens is 1.